The lowest BCUT2D eigenvalue weighted by Crippen LogP contribution is -2.33. The summed E-state index contributed by atoms with van der Waals surface area (Å²) in [6.45, 7) is 8.58. The fraction of sp³-hybridized carbons (Fsp3) is 1.00. The summed E-state index contributed by atoms with van der Waals surface area (Å²) < 4.78 is 0. The Hall–Kier alpha value is -0.0800. The van der Waals surface area contributed by atoms with Gasteiger partial charge < -0.3 is 9.80 Å². The van der Waals surface area contributed by atoms with Gasteiger partial charge >= 0.3 is 0 Å². The van der Waals surface area contributed by atoms with E-state index in [0.717, 1.165) is 12.0 Å². The second-order valence-electron chi connectivity index (χ2n) is 4.85. The third kappa shape index (κ3) is 0.944. The van der Waals surface area contributed by atoms with E-state index in [1.807, 2.05) is 0 Å². The topological polar surface area (TPSA) is 6.48 Å². The lowest BCUT2D eigenvalue weighted by molar-refractivity contribution is 0.231. The average molecular weight is 168 g/mol. The van der Waals surface area contributed by atoms with Gasteiger partial charge in [0.25, 0.3) is 0 Å². The molecule has 0 spiro atoms. The van der Waals surface area contributed by atoms with Gasteiger partial charge in [0.05, 0.1) is 0 Å². The lowest BCUT2D eigenvalue weighted by Gasteiger charge is -2.23. The number of hydrogen-bond acceptors (Lipinski definition) is 2. The fourth-order valence-electron chi connectivity index (χ4n) is 3.17. The van der Waals surface area contributed by atoms with Crippen LogP contribution in [0.1, 0.15) is 13.8 Å². The average Bonchev–Trinajstić information content (AvgIpc) is 2.41. The van der Waals surface area contributed by atoms with Crippen LogP contribution >= 0.6 is 0 Å². The first-order chi connectivity index (χ1) is 5.59. The monoisotopic (exact) mass is 168 g/mol. The summed E-state index contributed by atoms with van der Waals surface area (Å²) in [5.74, 6) is 0.951. The minimum atomic E-state index is 0.625. The van der Waals surface area contributed by atoms with Crippen molar-refractivity contribution in [1.29, 1.82) is 0 Å². The number of nitrogens with zero attached hydrogens (tertiary/aromatic N) is 2. The Morgan fingerprint density at radius 3 is 2.50 bits per heavy atom. The Labute approximate surface area is 75.5 Å². The first-order valence-electron chi connectivity index (χ1n) is 4.98. The minimum absolute atomic E-state index is 0.625. The molecule has 0 N–H and O–H groups in total. The molecule has 1 aliphatic heterocycles. The van der Waals surface area contributed by atoms with Crippen molar-refractivity contribution in [2.75, 3.05) is 33.7 Å². The highest BCUT2D eigenvalue weighted by molar-refractivity contribution is 5.19. The number of likely N-dealkylation sites (tertiary alicyclic amines) is 1. The number of piperidine rings is 1. The molecular formula is C10H20N2. The van der Waals surface area contributed by atoms with Gasteiger partial charge in [0.2, 0.25) is 0 Å². The zero-order valence-corrected chi connectivity index (χ0v) is 8.67. The number of hydrogen-bond donors (Lipinski definition) is 0. The standard InChI is InChI=1S/C10H20N2/c1-5-12-6-8-9(11(3)4)10(8,2)7-12/h8-9H,5-7H2,1-4H3/t8-,9-,10-/m0/s1. The van der Waals surface area contributed by atoms with Crippen LogP contribution in [0.3, 0.4) is 0 Å². The van der Waals surface area contributed by atoms with Gasteiger partial charge in [-0.15, -0.1) is 0 Å². The fourth-order valence-corrected chi connectivity index (χ4v) is 3.17. The van der Waals surface area contributed by atoms with Crippen LogP contribution in [-0.4, -0.2) is 49.6 Å². The highest BCUT2D eigenvalue weighted by Gasteiger charge is 2.66. The molecule has 2 aliphatic rings. The summed E-state index contributed by atoms with van der Waals surface area (Å²) in [4.78, 5) is 4.97. The van der Waals surface area contributed by atoms with Gasteiger partial charge in [0.1, 0.15) is 0 Å². The van der Waals surface area contributed by atoms with Crippen LogP contribution in [0.2, 0.25) is 0 Å². The third-order valence-corrected chi connectivity index (χ3v) is 3.82. The van der Waals surface area contributed by atoms with Crippen LogP contribution in [0.25, 0.3) is 0 Å². The highest BCUT2D eigenvalue weighted by Crippen LogP contribution is 2.59. The quantitative estimate of drug-likeness (QED) is 0.604. The van der Waals surface area contributed by atoms with Crippen LogP contribution in [0, 0.1) is 11.3 Å². The van der Waals surface area contributed by atoms with Gasteiger partial charge in [-0.1, -0.05) is 13.8 Å². The van der Waals surface area contributed by atoms with Gasteiger partial charge in [-0.25, -0.2) is 0 Å². The highest BCUT2D eigenvalue weighted by atomic mass is 15.3. The Morgan fingerprint density at radius 2 is 2.17 bits per heavy atom. The summed E-state index contributed by atoms with van der Waals surface area (Å²) in [5, 5.41) is 0. The second-order valence-corrected chi connectivity index (χ2v) is 4.85. The minimum Gasteiger partial charge on any atom is -0.305 e. The van der Waals surface area contributed by atoms with E-state index in [2.05, 4.69) is 37.7 Å². The van der Waals surface area contributed by atoms with Crippen molar-refractivity contribution < 1.29 is 0 Å². The van der Waals surface area contributed by atoms with E-state index in [9.17, 15) is 0 Å². The summed E-state index contributed by atoms with van der Waals surface area (Å²) >= 11 is 0. The molecule has 0 aromatic heterocycles. The zero-order valence-electron chi connectivity index (χ0n) is 8.67. The Kier molecular flexibility index (Phi) is 1.74. The van der Waals surface area contributed by atoms with Crippen molar-refractivity contribution in [2.24, 2.45) is 11.3 Å². The van der Waals surface area contributed by atoms with E-state index >= 15 is 0 Å². The normalized spacial score (nSPS) is 46.8. The maximum Gasteiger partial charge on any atom is 0.0206 e. The molecule has 0 amide bonds. The van der Waals surface area contributed by atoms with E-state index in [4.69, 9.17) is 0 Å². The van der Waals surface area contributed by atoms with Gasteiger partial charge in [0, 0.05) is 24.5 Å². The smallest absolute Gasteiger partial charge is 0.0206 e. The zero-order chi connectivity index (χ0) is 8.93. The van der Waals surface area contributed by atoms with Crippen molar-refractivity contribution in [3.8, 4) is 0 Å². The molecular weight excluding hydrogens is 148 g/mol. The largest absolute Gasteiger partial charge is 0.305 e. The van der Waals surface area contributed by atoms with Gasteiger partial charge in [0.15, 0.2) is 0 Å². The van der Waals surface area contributed by atoms with Crippen molar-refractivity contribution in [2.45, 2.75) is 19.9 Å². The van der Waals surface area contributed by atoms with E-state index in [-0.39, 0.29) is 0 Å². The second kappa shape index (κ2) is 2.46. The number of fused-ring (bicyclic) bond motifs is 1. The van der Waals surface area contributed by atoms with E-state index < -0.39 is 0 Å². The third-order valence-electron chi connectivity index (χ3n) is 3.82. The molecule has 1 aliphatic carbocycles. The van der Waals surface area contributed by atoms with E-state index in [1.54, 1.807) is 0 Å². The molecule has 1 saturated carbocycles. The summed E-state index contributed by atoms with van der Waals surface area (Å²) in [7, 11) is 4.43. The predicted octanol–water partition coefficient (Wildman–Crippen LogP) is 0.888. The number of rotatable bonds is 2. The molecule has 2 rings (SSSR count). The molecule has 1 saturated heterocycles. The van der Waals surface area contributed by atoms with Crippen molar-refractivity contribution in [1.82, 2.24) is 9.80 Å². The summed E-state index contributed by atoms with van der Waals surface area (Å²) in [5.41, 5.74) is 0.625. The lowest BCUT2D eigenvalue weighted by atomic mass is 10.1. The molecule has 0 unspecified atom stereocenters. The van der Waals surface area contributed by atoms with Crippen LogP contribution in [0.4, 0.5) is 0 Å². The van der Waals surface area contributed by atoms with E-state index in [0.29, 0.717) is 5.41 Å². The molecule has 2 heteroatoms. The Bertz CT molecular complexity index is 190. The van der Waals surface area contributed by atoms with Gasteiger partial charge in [-0.3, -0.25) is 0 Å². The maximum atomic E-state index is 2.57. The SMILES string of the molecule is CCN1C[C@H]2[C@H](N(C)C)[C@@]2(C)C1. The molecule has 12 heavy (non-hydrogen) atoms. The first kappa shape index (κ1) is 8.52. The molecule has 2 fully saturated rings. The molecule has 3 atom stereocenters. The van der Waals surface area contributed by atoms with Crippen LogP contribution in [0.15, 0.2) is 0 Å². The van der Waals surface area contributed by atoms with Crippen LogP contribution in [0.5, 0.6) is 0 Å². The molecule has 0 radical (unpaired) electrons. The molecule has 0 aromatic carbocycles. The maximum absolute atomic E-state index is 2.57. The summed E-state index contributed by atoms with van der Waals surface area (Å²) in [6.07, 6.45) is 0. The predicted molar refractivity (Wildman–Crippen MR) is 51.2 cm³/mol. The molecule has 2 nitrogen and oxygen atoms in total. The van der Waals surface area contributed by atoms with Crippen LogP contribution < -0.4 is 0 Å². The van der Waals surface area contributed by atoms with Gasteiger partial charge in [-0.2, -0.15) is 0 Å². The molecule has 1 heterocycles. The Morgan fingerprint density at radius 1 is 1.50 bits per heavy atom. The van der Waals surface area contributed by atoms with Gasteiger partial charge in [-0.05, 0) is 26.6 Å². The summed E-state index contributed by atoms with van der Waals surface area (Å²) in [6, 6.07) is 0.861. The van der Waals surface area contributed by atoms with Crippen molar-refractivity contribution in [3.63, 3.8) is 0 Å². The Balaban J connectivity index is 1.99. The van der Waals surface area contributed by atoms with Crippen molar-refractivity contribution in [3.05, 3.63) is 0 Å². The molecule has 0 bridgehead atoms. The molecule has 0 aromatic rings. The molecule has 70 valence electrons. The first-order valence-corrected chi connectivity index (χ1v) is 4.98. The van der Waals surface area contributed by atoms with E-state index in [1.165, 1.54) is 19.6 Å². The van der Waals surface area contributed by atoms with Crippen molar-refractivity contribution >= 4 is 0 Å². The van der Waals surface area contributed by atoms with Crippen LogP contribution in [-0.2, 0) is 0 Å².